The van der Waals surface area contributed by atoms with E-state index in [4.69, 9.17) is 4.74 Å². The van der Waals surface area contributed by atoms with Crippen molar-refractivity contribution in [3.05, 3.63) is 34.9 Å². The van der Waals surface area contributed by atoms with Crippen molar-refractivity contribution in [2.24, 2.45) is 0 Å². The van der Waals surface area contributed by atoms with E-state index >= 15 is 0 Å². The molecule has 0 aromatic heterocycles. The minimum Gasteiger partial charge on any atom is -0.380 e. The Hall–Kier alpha value is -1.00. The highest BCUT2D eigenvalue weighted by molar-refractivity contribution is 5.29. The van der Waals surface area contributed by atoms with Crippen LogP contribution in [0.1, 0.15) is 24.1 Å². The third kappa shape index (κ3) is 2.77. The second kappa shape index (κ2) is 5.92. The van der Waals surface area contributed by atoms with Crippen molar-refractivity contribution in [2.75, 3.05) is 20.3 Å². The molecule has 1 aromatic carbocycles. The third-order valence-electron chi connectivity index (χ3n) is 2.51. The van der Waals surface area contributed by atoms with Crippen LogP contribution in [0.25, 0.3) is 0 Å². The standard InChI is InChI=1S/C12H17F2NO/c1-4-16-7-10(15-3)11-9(13)6-5-8(2)12(11)14/h5-6,10,15H,4,7H2,1-3H3. The number of nitrogens with one attached hydrogen (secondary N) is 1. The van der Waals surface area contributed by atoms with Crippen LogP contribution < -0.4 is 5.32 Å². The van der Waals surface area contributed by atoms with Gasteiger partial charge in [0.15, 0.2) is 0 Å². The summed E-state index contributed by atoms with van der Waals surface area (Å²) < 4.78 is 32.5. The van der Waals surface area contributed by atoms with Crippen molar-refractivity contribution in [3.8, 4) is 0 Å². The Morgan fingerprint density at radius 2 is 2.06 bits per heavy atom. The van der Waals surface area contributed by atoms with Gasteiger partial charge in [-0.2, -0.15) is 0 Å². The van der Waals surface area contributed by atoms with E-state index in [2.05, 4.69) is 5.32 Å². The summed E-state index contributed by atoms with van der Waals surface area (Å²) in [7, 11) is 1.66. The zero-order valence-electron chi connectivity index (χ0n) is 9.81. The minimum atomic E-state index is -0.540. The molecule has 0 fully saturated rings. The number of benzene rings is 1. The first-order chi connectivity index (χ1) is 7.61. The molecule has 0 saturated heterocycles. The first-order valence-electron chi connectivity index (χ1n) is 5.31. The molecule has 0 saturated carbocycles. The van der Waals surface area contributed by atoms with Gasteiger partial charge in [0.25, 0.3) is 0 Å². The molecule has 0 amide bonds. The lowest BCUT2D eigenvalue weighted by molar-refractivity contribution is 0.123. The molecule has 0 aliphatic carbocycles. The highest BCUT2D eigenvalue weighted by atomic mass is 19.1. The van der Waals surface area contributed by atoms with Crippen LogP contribution >= 0.6 is 0 Å². The number of ether oxygens (including phenoxy) is 1. The number of aryl methyl sites for hydroxylation is 1. The minimum absolute atomic E-state index is 0.0518. The number of hydrogen-bond donors (Lipinski definition) is 1. The van der Waals surface area contributed by atoms with E-state index in [1.54, 1.807) is 14.0 Å². The summed E-state index contributed by atoms with van der Waals surface area (Å²) >= 11 is 0. The smallest absolute Gasteiger partial charge is 0.133 e. The van der Waals surface area contributed by atoms with E-state index in [-0.39, 0.29) is 12.2 Å². The Labute approximate surface area is 94.6 Å². The molecule has 1 N–H and O–H groups in total. The molecule has 4 heteroatoms. The summed E-state index contributed by atoms with van der Waals surface area (Å²) in [6.07, 6.45) is 0. The molecule has 0 spiro atoms. The van der Waals surface area contributed by atoms with Crippen molar-refractivity contribution >= 4 is 0 Å². The summed E-state index contributed by atoms with van der Waals surface area (Å²) in [5.74, 6) is -1.04. The molecular weight excluding hydrogens is 212 g/mol. The van der Waals surface area contributed by atoms with Gasteiger partial charge in [0.2, 0.25) is 0 Å². The molecular formula is C12H17F2NO. The van der Waals surface area contributed by atoms with E-state index in [0.717, 1.165) is 0 Å². The summed E-state index contributed by atoms with van der Waals surface area (Å²) in [6.45, 7) is 4.23. The third-order valence-corrected chi connectivity index (χ3v) is 2.51. The van der Waals surface area contributed by atoms with Crippen LogP contribution in [0.5, 0.6) is 0 Å². The van der Waals surface area contributed by atoms with E-state index < -0.39 is 17.7 Å². The Kier molecular flexibility index (Phi) is 4.83. The van der Waals surface area contributed by atoms with Crippen LogP contribution in [0.3, 0.4) is 0 Å². The molecule has 90 valence electrons. The first-order valence-corrected chi connectivity index (χ1v) is 5.31. The molecule has 0 aliphatic heterocycles. The SMILES string of the molecule is CCOCC(NC)c1c(F)ccc(C)c1F. The van der Waals surface area contributed by atoms with Crippen LogP contribution in [0.15, 0.2) is 12.1 Å². The number of halogens is 2. The van der Waals surface area contributed by atoms with Gasteiger partial charge in [-0.25, -0.2) is 8.78 Å². The van der Waals surface area contributed by atoms with Gasteiger partial charge < -0.3 is 10.1 Å². The Morgan fingerprint density at radius 3 is 2.62 bits per heavy atom. The summed E-state index contributed by atoms with van der Waals surface area (Å²) in [5, 5.41) is 2.86. The van der Waals surface area contributed by atoms with Crippen LogP contribution in [-0.2, 0) is 4.74 Å². The predicted octanol–water partition coefficient (Wildman–Crippen LogP) is 2.57. The van der Waals surface area contributed by atoms with Crippen molar-refractivity contribution in [1.82, 2.24) is 5.32 Å². The predicted molar refractivity (Wildman–Crippen MR) is 59.4 cm³/mol. The van der Waals surface area contributed by atoms with E-state index in [9.17, 15) is 8.78 Å². The fourth-order valence-electron chi connectivity index (χ4n) is 1.54. The molecule has 1 atom stereocenters. The topological polar surface area (TPSA) is 21.3 Å². The summed E-state index contributed by atoms with van der Waals surface area (Å²) in [4.78, 5) is 0. The second-order valence-corrected chi connectivity index (χ2v) is 3.59. The molecule has 0 bridgehead atoms. The van der Waals surface area contributed by atoms with Crippen LogP contribution in [0.2, 0.25) is 0 Å². The Morgan fingerprint density at radius 1 is 1.38 bits per heavy atom. The van der Waals surface area contributed by atoms with Crippen molar-refractivity contribution in [1.29, 1.82) is 0 Å². The average Bonchev–Trinajstić information content (AvgIpc) is 2.28. The molecule has 0 aliphatic rings. The molecule has 1 unspecified atom stereocenters. The van der Waals surface area contributed by atoms with E-state index in [0.29, 0.717) is 12.2 Å². The quantitative estimate of drug-likeness (QED) is 0.837. The van der Waals surface area contributed by atoms with Gasteiger partial charge >= 0.3 is 0 Å². The molecule has 1 rings (SSSR count). The van der Waals surface area contributed by atoms with Gasteiger partial charge in [-0.3, -0.25) is 0 Å². The Bertz CT molecular complexity index is 355. The highest BCUT2D eigenvalue weighted by Crippen LogP contribution is 2.23. The maximum atomic E-state index is 13.8. The lowest BCUT2D eigenvalue weighted by Crippen LogP contribution is -2.24. The Balaban J connectivity index is 3.03. The lowest BCUT2D eigenvalue weighted by atomic mass is 10.0. The van der Waals surface area contributed by atoms with E-state index in [1.165, 1.54) is 12.1 Å². The molecule has 0 radical (unpaired) electrons. The van der Waals surface area contributed by atoms with Crippen molar-refractivity contribution in [3.63, 3.8) is 0 Å². The van der Waals surface area contributed by atoms with Crippen LogP contribution in [-0.4, -0.2) is 20.3 Å². The van der Waals surface area contributed by atoms with Crippen molar-refractivity contribution < 1.29 is 13.5 Å². The number of likely N-dealkylation sites (N-methyl/N-ethyl adjacent to an activating group) is 1. The van der Waals surface area contributed by atoms with Gasteiger partial charge in [-0.15, -0.1) is 0 Å². The van der Waals surface area contributed by atoms with Gasteiger partial charge in [0.1, 0.15) is 11.6 Å². The second-order valence-electron chi connectivity index (χ2n) is 3.59. The fraction of sp³-hybridized carbons (Fsp3) is 0.500. The fourth-order valence-corrected chi connectivity index (χ4v) is 1.54. The zero-order chi connectivity index (χ0) is 12.1. The summed E-state index contributed by atoms with van der Waals surface area (Å²) in [5.41, 5.74) is 0.490. The maximum absolute atomic E-state index is 13.8. The monoisotopic (exact) mass is 229 g/mol. The largest absolute Gasteiger partial charge is 0.380 e. The zero-order valence-corrected chi connectivity index (χ0v) is 9.81. The first kappa shape index (κ1) is 13.1. The lowest BCUT2D eigenvalue weighted by Gasteiger charge is -2.18. The number of rotatable bonds is 5. The van der Waals surface area contributed by atoms with Crippen LogP contribution in [0, 0.1) is 18.6 Å². The molecule has 2 nitrogen and oxygen atoms in total. The van der Waals surface area contributed by atoms with Gasteiger partial charge in [0, 0.05) is 12.2 Å². The van der Waals surface area contributed by atoms with Gasteiger partial charge in [-0.05, 0) is 32.5 Å². The molecule has 16 heavy (non-hydrogen) atoms. The number of hydrogen-bond acceptors (Lipinski definition) is 2. The van der Waals surface area contributed by atoms with Crippen molar-refractivity contribution in [2.45, 2.75) is 19.9 Å². The molecule has 0 heterocycles. The average molecular weight is 229 g/mol. The highest BCUT2D eigenvalue weighted by Gasteiger charge is 2.20. The van der Waals surface area contributed by atoms with Crippen LogP contribution in [0.4, 0.5) is 8.78 Å². The van der Waals surface area contributed by atoms with E-state index in [1.807, 2.05) is 6.92 Å². The maximum Gasteiger partial charge on any atom is 0.133 e. The molecule has 1 aromatic rings. The normalized spacial score (nSPS) is 12.8. The van der Waals surface area contributed by atoms with Gasteiger partial charge in [-0.1, -0.05) is 6.07 Å². The van der Waals surface area contributed by atoms with Gasteiger partial charge in [0.05, 0.1) is 12.6 Å². The summed E-state index contributed by atoms with van der Waals surface area (Å²) in [6, 6.07) is 2.26.